The zero-order valence-corrected chi connectivity index (χ0v) is 10.4. The predicted octanol–water partition coefficient (Wildman–Crippen LogP) is 2.38. The minimum atomic E-state index is -0.711. The van der Waals surface area contributed by atoms with Crippen molar-refractivity contribution < 1.29 is 14.6 Å². The Morgan fingerprint density at radius 2 is 2.22 bits per heavy atom. The highest BCUT2D eigenvalue weighted by atomic mass is 16.5. The molecular formula is C15H18O3. The molecule has 1 aliphatic heterocycles. The first-order chi connectivity index (χ1) is 8.75. The van der Waals surface area contributed by atoms with Gasteiger partial charge in [0.05, 0.1) is 12.0 Å². The van der Waals surface area contributed by atoms with E-state index in [1.807, 2.05) is 18.2 Å². The molecule has 18 heavy (non-hydrogen) atoms. The molecule has 1 aromatic carbocycles. The summed E-state index contributed by atoms with van der Waals surface area (Å²) in [6.45, 7) is 1.36. The third-order valence-corrected chi connectivity index (χ3v) is 4.53. The van der Waals surface area contributed by atoms with Crippen LogP contribution in [0.25, 0.3) is 0 Å². The van der Waals surface area contributed by atoms with Crippen LogP contribution in [0, 0.1) is 5.92 Å². The molecule has 96 valence electrons. The van der Waals surface area contributed by atoms with Crippen molar-refractivity contribution in [3.63, 3.8) is 0 Å². The maximum atomic E-state index is 11.9. The van der Waals surface area contributed by atoms with Gasteiger partial charge in [-0.15, -0.1) is 0 Å². The van der Waals surface area contributed by atoms with Crippen molar-refractivity contribution in [1.29, 1.82) is 0 Å². The summed E-state index contributed by atoms with van der Waals surface area (Å²) in [6, 6.07) is 7.99. The third kappa shape index (κ3) is 1.57. The fourth-order valence-corrected chi connectivity index (χ4v) is 3.59. The molecule has 0 saturated carbocycles. The first-order valence-corrected chi connectivity index (χ1v) is 6.64. The van der Waals surface area contributed by atoms with E-state index in [1.54, 1.807) is 0 Å². The molecule has 0 aromatic heterocycles. The van der Waals surface area contributed by atoms with Gasteiger partial charge >= 0.3 is 5.97 Å². The maximum absolute atomic E-state index is 11.9. The van der Waals surface area contributed by atoms with Crippen LogP contribution in [0.3, 0.4) is 0 Å². The van der Waals surface area contributed by atoms with Crippen molar-refractivity contribution in [3.05, 3.63) is 35.4 Å². The Kier molecular flexibility index (Phi) is 2.86. The van der Waals surface area contributed by atoms with Crippen molar-refractivity contribution in [1.82, 2.24) is 0 Å². The van der Waals surface area contributed by atoms with Gasteiger partial charge in [0.25, 0.3) is 0 Å². The lowest BCUT2D eigenvalue weighted by molar-refractivity contribution is -0.148. The maximum Gasteiger partial charge on any atom is 0.314 e. The zero-order chi connectivity index (χ0) is 12.6. The molecule has 0 spiro atoms. The molecule has 3 heteroatoms. The number of hydrogen-bond donors (Lipinski definition) is 1. The second-order valence-electron chi connectivity index (χ2n) is 5.35. The quantitative estimate of drug-likeness (QED) is 0.871. The zero-order valence-electron chi connectivity index (χ0n) is 10.4. The van der Waals surface area contributed by atoms with Crippen LogP contribution >= 0.6 is 0 Å². The summed E-state index contributed by atoms with van der Waals surface area (Å²) in [5, 5.41) is 9.81. The average Bonchev–Trinajstić information content (AvgIpc) is 2.80. The van der Waals surface area contributed by atoms with E-state index in [4.69, 9.17) is 4.74 Å². The normalized spacial score (nSPS) is 31.0. The van der Waals surface area contributed by atoms with Crippen LogP contribution < -0.4 is 0 Å². The number of aliphatic carboxylic acids is 1. The van der Waals surface area contributed by atoms with Gasteiger partial charge in [0.1, 0.15) is 0 Å². The highest BCUT2D eigenvalue weighted by Crippen LogP contribution is 2.47. The number of ether oxygens (including phenoxy) is 1. The molecule has 2 unspecified atom stereocenters. The van der Waals surface area contributed by atoms with Crippen LogP contribution in [0.2, 0.25) is 0 Å². The van der Waals surface area contributed by atoms with Gasteiger partial charge in [0, 0.05) is 12.5 Å². The molecule has 3 nitrogen and oxygen atoms in total. The predicted molar refractivity (Wildman–Crippen MR) is 67.6 cm³/mol. The van der Waals surface area contributed by atoms with Crippen LogP contribution in [0.15, 0.2) is 24.3 Å². The first kappa shape index (κ1) is 11.7. The highest BCUT2D eigenvalue weighted by Gasteiger charge is 2.51. The largest absolute Gasteiger partial charge is 0.481 e. The third-order valence-electron chi connectivity index (χ3n) is 4.53. The lowest BCUT2D eigenvalue weighted by Crippen LogP contribution is -2.44. The van der Waals surface area contributed by atoms with Crippen molar-refractivity contribution >= 4 is 5.97 Å². The summed E-state index contributed by atoms with van der Waals surface area (Å²) in [5.41, 5.74) is 1.51. The molecule has 0 bridgehead atoms. The topological polar surface area (TPSA) is 46.5 Å². The summed E-state index contributed by atoms with van der Waals surface area (Å²) < 4.78 is 5.52. The number of carbonyl (C=O) groups is 1. The molecule has 1 aliphatic carbocycles. The monoisotopic (exact) mass is 246 g/mol. The second kappa shape index (κ2) is 4.39. The molecule has 1 fully saturated rings. The fourth-order valence-electron chi connectivity index (χ4n) is 3.59. The van der Waals surface area contributed by atoms with Crippen LogP contribution in [0.1, 0.15) is 30.4 Å². The molecule has 3 rings (SSSR count). The van der Waals surface area contributed by atoms with Crippen LogP contribution in [0.4, 0.5) is 0 Å². The van der Waals surface area contributed by atoms with Gasteiger partial charge in [0.15, 0.2) is 0 Å². The number of fused-ring (bicyclic) bond motifs is 1. The summed E-state index contributed by atoms with van der Waals surface area (Å²) >= 11 is 0. The summed E-state index contributed by atoms with van der Waals surface area (Å²) in [4.78, 5) is 11.9. The molecule has 1 N–H and O–H groups in total. The Hall–Kier alpha value is -1.35. The Bertz CT molecular complexity index is 463. The van der Waals surface area contributed by atoms with Crippen molar-refractivity contribution in [2.24, 2.45) is 5.92 Å². The van der Waals surface area contributed by atoms with E-state index in [0.717, 1.165) is 37.9 Å². The van der Waals surface area contributed by atoms with Crippen LogP contribution in [-0.4, -0.2) is 24.3 Å². The molecule has 0 radical (unpaired) electrons. The lowest BCUT2D eigenvalue weighted by Gasteiger charge is -2.37. The Balaban J connectivity index is 2.06. The number of aryl methyl sites for hydroxylation is 1. The number of hydrogen-bond acceptors (Lipinski definition) is 2. The summed E-state index contributed by atoms with van der Waals surface area (Å²) in [6.07, 6.45) is 3.52. The minimum Gasteiger partial charge on any atom is -0.481 e. The number of benzene rings is 1. The van der Waals surface area contributed by atoms with E-state index >= 15 is 0 Å². The standard InChI is InChI=1S/C15H18O3/c16-14(17)15(12-5-3-9-18-10-12)8-7-11-4-1-2-6-13(11)15/h1-2,4,6,12H,3,5,7-10H2,(H,16,17). The van der Waals surface area contributed by atoms with Crippen LogP contribution in [-0.2, 0) is 21.4 Å². The molecular weight excluding hydrogens is 228 g/mol. The van der Waals surface area contributed by atoms with Gasteiger partial charge in [-0.25, -0.2) is 0 Å². The van der Waals surface area contributed by atoms with E-state index in [0.29, 0.717) is 6.61 Å². The Labute approximate surface area is 107 Å². The van der Waals surface area contributed by atoms with Crippen molar-refractivity contribution in [3.8, 4) is 0 Å². The van der Waals surface area contributed by atoms with E-state index in [2.05, 4.69) is 6.07 Å². The number of carboxylic acids is 1. The van der Waals surface area contributed by atoms with E-state index in [-0.39, 0.29) is 5.92 Å². The van der Waals surface area contributed by atoms with Gasteiger partial charge in [0.2, 0.25) is 0 Å². The molecule has 2 aliphatic rings. The van der Waals surface area contributed by atoms with Crippen molar-refractivity contribution in [2.45, 2.75) is 31.1 Å². The SMILES string of the molecule is O=C(O)C1(C2CCCOC2)CCc2ccccc21. The molecule has 0 amide bonds. The number of carboxylic acid groups (broad SMARTS) is 1. The van der Waals surface area contributed by atoms with Gasteiger partial charge in [-0.1, -0.05) is 24.3 Å². The smallest absolute Gasteiger partial charge is 0.314 e. The molecule has 1 saturated heterocycles. The summed E-state index contributed by atoms with van der Waals surface area (Å²) in [7, 11) is 0. The van der Waals surface area contributed by atoms with E-state index in [1.165, 1.54) is 5.56 Å². The fraction of sp³-hybridized carbons (Fsp3) is 0.533. The van der Waals surface area contributed by atoms with Gasteiger partial charge < -0.3 is 9.84 Å². The Morgan fingerprint density at radius 3 is 2.94 bits per heavy atom. The Morgan fingerprint density at radius 1 is 1.39 bits per heavy atom. The average molecular weight is 246 g/mol. The molecule has 1 heterocycles. The highest BCUT2D eigenvalue weighted by molar-refractivity contribution is 5.83. The van der Waals surface area contributed by atoms with Gasteiger partial charge in [-0.2, -0.15) is 0 Å². The van der Waals surface area contributed by atoms with Crippen LogP contribution in [0.5, 0.6) is 0 Å². The summed E-state index contributed by atoms with van der Waals surface area (Å²) in [5.74, 6) is -0.560. The van der Waals surface area contributed by atoms with E-state index in [9.17, 15) is 9.90 Å². The van der Waals surface area contributed by atoms with Gasteiger partial charge in [-0.05, 0) is 36.8 Å². The second-order valence-corrected chi connectivity index (χ2v) is 5.35. The van der Waals surface area contributed by atoms with Gasteiger partial charge in [-0.3, -0.25) is 4.79 Å². The number of rotatable bonds is 2. The van der Waals surface area contributed by atoms with E-state index < -0.39 is 11.4 Å². The lowest BCUT2D eigenvalue weighted by atomic mass is 9.69. The minimum absolute atomic E-state index is 0.118. The van der Waals surface area contributed by atoms with Crippen molar-refractivity contribution in [2.75, 3.05) is 13.2 Å². The molecule has 1 aromatic rings. The first-order valence-electron chi connectivity index (χ1n) is 6.64. The molecule has 2 atom stereocenters.